The minimum absolute atomic E-state index is 0.120. The quantitative estimate of drug-likeness (QED) is 0.692. The van der Waals surface area contributed by atoms with Crippen LogP contribution in [0.4, 0.5) is 4.79 Å². The minimum Gasteiger partial charge on any atom is -0.489 e. The van der Waals surface area contributed by atoms with E-state index < -0.39 is 5.60 Å². The Morgan fingerprint density at radius 2 is 1.94 bits per heavy atom. The Balaban J connectivity index is 1.56. The molecule has 1 aromatic carbocycles. The van der Waals surface area contributed by atoms with E-state index in [1.807, 2.05) is 46.1 Å². The Hall–Kier alpha value is -3.36. The first kappa shape index (κ1) is 20.9. The van der Waals surface area contributed by atoms with E-state index in [-0.39, 0.29) is 17.8 Å². The highest BCUT2D eigenvalue weighted by molar-refractivity contribution is 5.89. The lowest BCUT2D eigenvalue weighted by atomic mass is 10.1. The molecular weight excluding hydrogens is 398 g/mol. The largest absolute Gasteiger partial charge is 0.489 e. The highest BCUT2D eigenvalue weighted by Gasteiger charge is 2.28. The topological polar surface area (TPSA) is 102 Å². The zero-order valence-corrected chi connectivity index (χ0v) is 18.2. The number of hydrogen-bond acceptors (Lipinski definition) is 6. The first-order chi connectivity index (χ1) is 14.7. The Morgan fingerprint density at radius 1 is 1.19 bits per heavy atom. The number of aryl methyl sites for hydroxylation is 1. The van der Waals surface area contributed by atoms with Crippen LogP contribution in [-0.2, 0) is 11.8 Å². The minimum atomic E-state index is -0.524. The molecule has 31 heavy (non-hydrogen) atoms. The Bertz CT molecular complexity index is 1150. The molecule has 4 rings (SSSR count). The number of carbonyl (C=O) groups is 1. The average Bonchev–Trinajstić information content (AvgIpc) is 3.13. The summed E-state index contributed by atoms with van der Waals surface area (Å²) in [6.07, 6.45) is 5.92. The van der Waals surface area contributed by atoms with E-state index in [9.17, 15) is 9.59 Å². The SMILES string of the molecule is Cn1cc(-c2cc(OC3CCN(C(=O)OC(C)(C)C)CC3)c3c(=O)[nH]cnc3c2)cn1. The first-order valence-corrected chi connectivity index (χ1v) is 10.3. The number of piperidine rings is 1. The van der Waals surface area contributed by atoms with Gasteiger partial charge in [-0.15, -0.1) is 0 Å². The van der Waals surface area contributed by atoms with Gasteiger partial charge < -0.3 is 19.4 Å². The van der Waals surface area contributed by atoms with Crippen molar-refractivity contribution in [2.75, 3.05) is 13.1 Å². The molecule has 1 aliphatic heterocycles. The van der Waals surface area contributed by atoms with E-state index in [2.05, 4.69) is 15.1 Å². The van der Waals surface area contributed by atoms with Gasteiger partial charge in [0, 0.05) is 44.7 Å². The van der Waals surface area contributed by atoms with E-state index in [0.29, 0.717) is 42.6 Å². The summed E-state index contributed by atoms with van der Waals surface area (Å²) in [6.45, 7) is 6.63. The van der Waals surface area contributed by atoms with Crippen LogP contribution in [0.2, 0.25) is 0 Å². The number of H-pyrrole nitrogens is 1. The van der Waals surface area contributed by atoms with Gasteiger partial charge in [-0.1, -0.05) is 0 Å². The summed E-state index contributed by atoms with van der Waals surface area (Å²) in [4.78, 5) is 33.5. The van der Waals surface area contributed by atoms with E-state index in [0.717, 1.165) is 11.1 Å². The summed E-state index contributed by atoms with van der Waals surface area (Å²) in [6, 6.07) is 3.72. The summed E-state index contributed by atoms with van der Waals surface area (Å²) in [7, 11) is 1.85. The van der Waals surface area contributed by atoms with Gasteiger partial charge in [0.15, 0.2) is 0 Å². The third-order valence-electron chi connectivity index (χ3n) is 5.13. The molecule has 0 saturated carbocycles. The van der Waals surface area contributed by atoms with Crippen LogP contribution in [0.3, 0.4) is 0 Å². The van der Waals surface area contributed by atoms with Gasteiger partial charge in [0.25, 0.3) is 5.56 Å². The predicted molar refractivity (Wildman–Crippen MR) is 116 cm³/mol. The number of aromatic nitrogens is 4. The summed E-state index contributed by atoms with van der Waals surface area (Å²) < 4.78 is 13.5. The van der Waals surface area contributed by atoms with E-state index >= 15 is 0 Å². The third-order valence-corrected chi connectivity index (χ3v) is 5.13. The Kier molecular flexibility index (Phi) is 5.43. The lowest BCUT2D eigenvalue weighted by molar-refractivity contribution is 0.0128. The zero-order chi connectivity index (χ0) is 22.2. The average molecular weight is 425 g/mol. The first-order valence-electron chi connectivity index (χ1n) is 10.3. The van der Waals surface area contributed by atoms with Crippen LogP contribution in [0.5, 0.6) is 5.75 Å². The molecule has 1 N–H and O–H groups in total. The fraction of sp³-hybridized carbons (Fsp3) is 0.455. The van der Waals surface area contributed by atoms with Crippen molar-refractivity contribution >= 4 is 17.0 Å². The number of fused-ring (bicyclic) bond motifs is 1. The number of nitrogens with zero attached hydrogens (tertiary/aromatic N) is 4. The molecule has 0 spiro atoms. The highest BCUT2D eigenvalue weighted by Crippen LogP contribution is 2.31. The standard InChI is InChI=1S/C22H27N5O4/c1-22(2,3)31-21(29)27-7-5-16(6-8-27)30-18-10-14(15-11-25-26(4)12-15)9-17-19(18)20(28)24-13-23-17/h9-13,16H,5-8H2,1-4H3,(H,23,24,28). The van der Waals surface area contributed by atoms with Gasteiger partial charge in [-0.25, -0.2) is 9.78 Å². The molecule has 1 fully saturated rings. The van der Waals surface area contributed by atoms with Crippen LogP contribution in [0, 0.1) is 0 Å². The van der Waals surface area contributed by atoms with Crippen molar-refractivity contribution in [1.82, 2.24) is 24.6 Å². The summed E-state index contributed by atoms with van der Waals surface area (Å²) in [5.41, 5.74) is 1.58. The molecule has 164 valence electrons. The molecule has 1 saturated heterocycles. The lowest BCUT2D eigenvalue weighted by Crippen LogP contribution is -2.44. The number of benzene rings is 1. The van der Waals surface area contributed by atoms with Crippen LogP contribution >= 0.6 is 0 Å². The molecule has 0 aliphatic carbocycles. The number of ether oxygens (including phenoxy) is 2. The van der Waals surface area contributed by atoms with Gasteiger partial charge in [0.05, 0.1) is 18.0 Å². The fourth-order valence-electron chi connectivity index (χ4n) is 3.66. The van der Waals surface area contributed by atoms with Crippen LogP contribution < -0.4 is 10.3 Å². The fourth-order valence-corrected chi connectivity index (χ4v) is 3.66. The van der Waals surface area contributed by atoms with Gasteiger partial charge in [0.1, 0.15) is 22.8 Å². The number of hydrogen-bond donors (Lipinski definition) is 1. The molecule has 3 aromatic rings. The molecule has 0 radical (unpaired) electrons. The maximum absolute atomic E-state index is 12.5. The van der Waals surface area contributed by atoms with Gasteiger partial charge in [-0.3, -0.25) is 9.48 Å². The summed E-state index contributed by atoms with van der Waals surface area (Å²) >= 11 is 0. The van der Waals surface area contributed by atoms with Crippen LogP contribution in [0.1, 0.15) is 33.6 Å². The molecule has 3 heterocycles. The number of rotatable bonds is 3. The summed E-state index contributed by atoms with van der Waals surface area (Å²) in [5, 5.41) is 4.65. The number of amides is 1. The second-order valence-corrected chi connectivity index (χ2v) is 8.79. The van der Waals surface area contributed by atoms with Gasteiger partial charge >= 0.3 is 6.09 Å². The van der Waals surface area contributed by atoms with Gasteiger partial charge in [-0.05, 0) is 38.5 Å². The Labute approximate surface area is 180 Å². The van der Waals surface area contributed by atoms with E-state index in [1.165, 1.54) is 6.33 Å². The molecule has 1 amide bonds. The van der Waals surface area contributed by atoms with Crippen molar-refractivity contribution in [1.29, 1.82) is 0 Å². The number of nitrogens with one attached hydrogen (secondary N) is 1. The van der Waals surface area contributed by atoms with Gasteiger partial charge in [-0.2, -0.15) is 5.10 Å². The molecule has 1 aliphatic rings. The maximum atomic E-state index is 12.5. The predicted octanol–water partition coefficient (Wildman–Crippen LogP) is 3.10. The van der Waals surface area contributed by atoms with E-state index in [4.69, 9.17) is 9.47 Å². The van der Waals surface area contributed by atoms with Gasteiger partial charge in [0.2, 0.25) is 0 Å². The molecular formula is C22H27N5O4. The van der Waals surface area contributed by atoms with Crippen molar-refractivity contribution in [3.05, 3.63) is 41.2 Å². The van der Waals surface area contributed by atoms with Crippen molar-refractivity contribution in [2.24, 2.45) is 7.05 Å². The smallest absolute Gasteiger partial charge is 0.410 e. The number of carbonyl (C=O) groups excluding carboxylic acids is 1. The third kappa shape index (κ3) is 4.70. The number of aromatic amines is 1. The molecule has 0 unspecified atom stereocenters. The molecule has 9 nitrogen and oxygen atoms in total. The number of likely N-dealkylation sites (tertiary alicyclic amines) is 1. The second-order valence-electron chi connectivity index (χ2n) is 8.79. The van der Waals surface area contributed by atoms with Crippen LogP contribution in [0.25, 0.3) is 22.0 Å². The van der Waals surface area contributed by atoms with Crippen molar-refractivity contribution in [3.63, 3.8) is 0 Å². The molecule has 0 bridgehead atoms. The molecule has 0 atom stereocenters. The monoisotopic (exact) mass is 425 g/mol. The van der Waals surface area contributed by atoms with Crippen LogP contribution in [-0.4, -0.2) is 55.5 Å². The normalized spacial score (nSPS) is 15.3. The summed E-state index contributed by atoms with van der Waals surface area (Å²) in [5.74, 6) is 0.487. The van der Waals surface area contributed by atoms with Crippen molar-refractivity contribution in [3.8, 4) is 16.9 Å². The van der Waals surface area contributed by atoms with Crippen molar-refractivity contribution < 1.29 is 14.3 Å². The molecule has 2 aromatic heterocycles. The highest BCUT2D eigenvalue weighted by atomic mass is 16.6. The zero-order valence-electron chi connectivity index (χ0n) is 18.2. The van der Waals surface area contributed by atoms with E-state index in [1.54, 1.807) is 15.8 Å². The maximum Gasteiger partial charge on any atom is 0.410 e. The van der Waals surface area contributed by atoms with Crippen molar-refractivity contribution in [2.45, 2.75) is 45.3 Å². The second kappa shape index (κ2) is 8.05. The van der Waals surface area contributed by atoms with Crippen LogP contribution in [0.15, 0.2) is 35.6 Å². The Morgan fingerprint density at radius 3 is 2.58 bits per heavy atom. The molecule has 9 heteroatoms. The lowest BCUT2D eigenvalue weighted by Gasteiger charge is -2.33.